The second-order valence-corrected chi connectivity index (χ2v) is 5.36. The van der Waals surface area contributed by atoms with E-state index in [1.54, 1.807) is 0 Å². The molecule has 1 fully saturated rings. The van der Waals surface area contributed by atoms with Gasteiger partial charge in [-0.05, 0) is 19.4 Å². The van der Waals surface area contributed by atoms with Crippen molar-refractivity contribution in [2.45, 2.75) is 32.5 Å². The number of aliphatic hydroxyl groups excluding tert-OH is 1. The summed E-state index contributed by atoms with van der Waals surface area (Å²) in [6.07, 6.45) is 0.402. The van der Waals surface area contributed by atoms with Gasteiger partial charge in [0.15, 0.2) is 5.60 Å². The third kappa shape index (κ3) is 3.26. The van der Waals surface area contributed by atoms with Crippen LogP contribution in [0.3, 0.4) is 0 Å². The van der Waals surface area contributed by atoms with Crippen molar-refractivity contribution in [1.82, 2.24) is 0 Å². The summed E-state index contributed by atoms with van der Waals surface area (Å²) in [5.41, 5.74) is 1.68. The molecule has 108 valence electrons. The van der Waals surface area contributed by atoms with Crippen LogP contribution in [0.15, 0.2) is 41.5 Å². The highest BCUT2D eigenvalue weighted by Crippen LogP contribution is 2.32. The Morgan fingerprint density at radius 3 is 2.60 bits per heavy atom. The zero-order valence-electron chi connectivity index (χ0n) is 11.9. The van der Waals surface area contributed by atoms with Crippen LogP contribution in [0, 0.1) is 0 Å². The number of carbonyl (C=O) groups excluding carboxylic acids is 1. The summed E-state index contributed by atoms with van der Waals surface area (Å²) in [6, 6.07) is 9.76. The van der Waals surface area contributed by atoms with E-state index in [9.17, 15) is 9.90 Å². The smallest absolute Gasteiger partial charge is 0.334 e. The molecule has 0 saturated carbocycles. The molecule has 2 rings (SSSR count). The summed E-state index contributed by atoms with van der Waals surface area (Å²) >= 11 is 0. The number of rotatable bonds is 5. The zero-order valence-corrected chi connectivity index (χ0v) is 11.9. The van der Waals surface area contributed by atoms with Gasteiger partial charge in [0.2, 0.25) is 0 Å². The molecule has 4 heteroatoms. The van der Waals surface area contributed by atoms with E-state index in [1.807, 2.05) is 44.2 Å². The summed E-state index contributed by atoms with van der Waals surface area (Å²) in [4.78, 5) is 11.8. The molecule has 1 N–H and O–H groups in total. The number of allylic oxidation sites excluding steroid dienone is 1. The molecule has 1 aliphatic heterocycles. The summed E-state index contributed by atoms with van der Waals surface area (Å²) < 4.78 is 11.0. The van der Waals surface area contributed by atoms with E-state index in [0.717, 1.165) is 11.1 Å². The number of esters is 1. The quantitative estimate of drug-likeness (QED) is 0.662. The van der Waals surface area contributed by atoms with E-state index in [0.29, 0.717) is 18.6 Å². The number of benzene rings is 1. The largest absolute Gasteiger partial charge is 0.450 e. The van der Waals surface area contributed by atoms with E-state index in [2.05, 4.69) is 0 Å². The Kier molecular flexibility index (Phi) is 4.57. The number of hydrogen-bond donors (Lipinski definition) is 1. The predicted octanol–water partition coefficient (Wildman–Crippen LogP) is 2.22. The van der Waals surface area contributed by atoms with E-state index >= 15 is 0 Å². The van der Waals surface area contributed by atoms with Gasteiger partial charge >= 0.3 is 5.97 Å². The molecule has 0 spiro atoms. The lowest BCUT2D eigenvalue weighted by Gasteiger charge is -2.24. The fraction of sp³-hybridized carbons (Fsp3) is 0.438. The molecule has 0 unspecified atom stereocenters. The minimum atomic E-state index is -0.932. The molecule has 0 amide bonds. The molecule has 1 saturated heterocycles. The van der Waals surface area contributed by atoms with Crippen molar-refractivity contribution in [2.24, 2.45) is 0 Å². The van der Waals surface area contributed by atoms with Crippen molar-refractivity contribution in [2.75, 3.05) is 13.2 Å². The van der Waals surface area contributed by atoms with Crippen molar-refractivity contribution >= 4 is 5.97 Å². The second-order valence-electron chi connectivity index (χ2n) is 5.36. The zero-order chi connectivity index (χ0) is 14.6. The van der Waals surface area contributed by atoms with Crippen LogP contribution >= 0.6 is 0 Å². The van der Waals surface area contributed by atoms with Gasteiger partial charge in [0, 0.05) is 12.0 Å². The normalized spacial score (nSPS) is 21.9. The van der Waals surface area contributed by atoms with Crippen LogP contribution in [0.5, 0.6) is 0 Å². The first-order valence-electron chi connectivity index (χ1n) is 6.68. The van der Waals surface area contributed by atoms with Gasteiger partial charge in [-0.15, -0.1) is 0 Å². The molecular formula is C16H20O4. The molecule has 1 heterocycles. The number of ether oxygens (including phenoxy) is 2. The Bertz CT molecular complexity index is 502. The van der Waals surface area contributed by atoms with Crippen molar-refractivity contribution in [3.63, 3.8) is 0 Å². The van der Waals surface area contributed by atoms with Crippen molar-refractivity contribution < 1.29 is 19.4 Å². The minimum absolute atomic E-state index is 0.195. The fourth-order valence-corrected chi connectivity index (χ4v) is 2.21. The molecule has 1 aliphatic rings. The van der Waals surface area contributed by atoms with Gasteiger partial charge in [-0.3, -0.25) is 0 Å². The molecule has 0 aromatic heterocycles. The summed E-state index contributed by atoms with van der Waals surface area (Å²) in [6.45, 7) is 4.14. The van der Waals surface area contributed by atoms with Gasteiger partial charge in [-0.2, -0.15) is 0 Å². The average molecular weight is 276 g/mol. The monoisotopic (exact) mass is 276 g/mol. The molecule has 1 aromatic rings. The first kappa shape index (κ1) is 14.8. The average Bonchev–Trinajstić information content (AvgIpc) is 2.78. The van der Waals surface area contributed by atoms with Crippen LogP contribution in [-0.2, 0) is 20.9 Å². The number of hydrogen-bond acceptors (Lipinski definition) is 4. The van der Waals surface area contributed by atoms with Gasteiger partial charge in [-0.25, -0.2) is 4.79 Å². The van der Waals surface area contributed by atoms with Crippen LogP contribution < -0.4 is 0 Å². The fourth-order valence-electron chi connectivity index (χ4n) is 2.21. The number of carbonyl (C=O) groups is 1. The van der Waals surface area contributed by atoms with E-state index in [4.69, 9.17) is 9.47 Å². The Morgan fingerprint density at radius 1 is 1.35 bits per heavy atom. The van der Waals surface area contributed by atoms with Crippen LogP contribution in [-0.4, -0.2) is 29.9 Å². The Morgan fingerprint density at radius 2 is 2.05 bits per heavy atom. The maximum Gasteiger partial charge on any atom is 0.334 e. The Balaban J connectivity index is 1.97. The summed E-state index contributed by atoms with van der Waals surface area (Å²) in [5.74, 6) is -0.345. The van der Waals surface area contributed by atoms with Crippen molar-refractivity contribution in [3.8, 4) is 0 Å². The molecule has 0 aliphatic carbocycles. The highest BCUT2D eigenvalue weighted by Gasteiger charge is 2.44. The van der Waals surface area contributed by atoms with Gasteiger partial charge < -0.3 is 14.6 Å². The van der Waals surface area contributed by atoms with Crippen molar-refractivity contribution in [3.05, 3.63) is 47.0 Å². The lowest BCUT2D eigenvalue weighted by atomic mass is 9.97. The van der Waals surface area contributed by atoms with Gasteiger partial charge in [-0.1, -0.05) is 35.9 Å². The Hall–Kier alpha value is -1.65. The first-order chi connectivity index (χ1) is 9.56. The maximum atomic E-state index is 11.8. The molecule has 1 aromatic carbocycles. The van der Waals surface area contributed by atoms with Crippen LogP contribution in [0.25, 0.3) is 0 Å². The first-order valence-corrected chi connectivity index (χ1v) is 6.68. The van der Waals surface area contributed by atoms with Crippen LogP contribution in [0.4, 0.5) is 0 Å². The highest BCUT2D eigenvalue weighted by molar-refractivity contribution is 5.92. The van der Waals surface area contributed by atoms with Gasteiger partial charge in [0.25, 0.3) is 0 Å². The topological polar surface area (TPSA) is 55.8 Å². The van der Waals surface area contributed by atoms with Crippen molar-refractivity contribution in [1.29, 1.82) is 0 Å². The molecule has 0 bridgehead atoms. The highest BCUT2D eigenvalue weighted by atomic mass is 16.6. The van der Waals surface area contributed by atoms with Crippen LogP contribution in [0.2, 0.25) is 0 Å². The van der Waals surface area contributed by atoms with Crippen LogP contribution in [0.1, 0.15) is 25.8 Å². The molecule has 20 heavy (non-hydrogen) atoms. The summed E-state index contributed by atoms with van der Waals surface area (Å²) in [5, 5.41) is 9.55. The number of aliphatic hydroxyl groups is 1. The minimum Gasteiger partial charge on any atom is -0.450 e. The third-order valence-corrected chi connectivity index (χ3v) is 3.42. The van der Waals surface area contributed by atoms with E-state index in [-0.39, 0.29) is 19.2 Å². The standard InChI is InChI=1S/C16H20O4/c1-12(2)14-8-16(10-17,20-15(14)18)11-19-9-13-6-4-3-5-7-13/h3-7,17H,8-11H2,1-2H3/t16-/m0/s1. The lowest BCUT2D eigenvalue weighted by Crippen LogP contribution is -2.38. The number of cyclic esters (lactones) is 1. The lowest BCUT2D eigenvalue weighted by molar-refractivity contribution is -0.157. The molecule has 4 nitrogen and oxygen atoms in total. The summed E-state index contributed by atoms with van der Waals surface area (Å²) in [7, 11) is 0. The molecular weight excluding hydrogens is 256 g/mol. The SMILES string of the molecule is CC(C)=C1C[C@](CO)(COCc2ccccc2)OC1=O. The third-order valence-electron chi connectivity index (χ3n) is 3.42. The maximum absolute atomic E-state index is 11.8. The van der Waals surface area contributed by atoms with Gasteiger partial charge in [0.1, 0.15) is 0 Å². The van der Waals surface area contributed by atoms with E-state index < -0.39 is 5.60 Å². The predicted molar refractivity (Wildman–Crippen MR) is 75.0 cm³/mol. The Labute approximate surface area is 119 Å². The molecule has 1 atom stereocenters. The molecule has 0 radical (unpaired) electrons. The van der Waals surface area contributed by atoms with Gasteiger partial charge in [0.05, 0.1) is 19.8 Å². The second kappa shape index (κ2) is 6.20. The van der Waals surface area contributed by atoms with E-state index in [1.165, 1.54) is 0 Å².